The number of nitrogens with two attached hydrogens (primary N) is 1. The van der Waals surface area contributed by atoms with Crippen molar-refractivity contribution in [3.05, 3.63) is 71.0 Å². The highest BCUT2D eigenvalue weighted by atomic mass is 19.2. The van der Waals surface area contributed by atoms with E-state index in [1.165, 1.54) is 0 Å². The molecular weight excluding hydrogens is 385 g/mol. The van der Waals surface area contributed by atoms with E-state index in [1.807, 2.05) is 51.1 Å². The lowest BCUT2D eigenvalue weighted by Crippen LogP contribution is -2.33. The molecule has 0 aliphatic carbocycles. The summed E-state index contributed by atoms with van der Waals surface area (Å²) in [5.74, 6) is -4.54. The first-order chi connectivity index (χ1) is 13.5. The molecule has 0 amide bonds. The largest absolute Gasteiger partial charge is 0.481 e. The van der Waals surface area contributed by atoms with E-state index in [9.17, 15) is 18.0 Å². The normalized spacial score (nSPS) is 12.1. The minimum atomic E-state index is -1.29. The van der Waals surface area contributed by atoms with Crippen LogP contribution in [0.1, 0.15) is 38.3 Å². The van der Waals surface area contributed by atoms with E-state index >= 15 is 0 Å². The number of nitrogens with one attached hydrogen (secondary N) is 1. The van der Waals surface area contributed by atoms with Crippen molar-refractivity contribution in [2.24, 2.45) is 5.73 Å². The number of benzene rings is 2. The molecule has 0 bridgehead atoms. The predicted octanol–water partition coefficient (Wildman–Crippen LogP) is 3.95. The van der Waals surface area contributed by atoms with E-state index in [4.69, 9.17) is 15.7 Å². The summed E-state index contributed by atoms with van der Waals surface area (Å²) in [4.78, 5) is 16.2. The quantitative estimate of drug-likeness (QED) is 0.452. The van der Waals surface area contributed by atoms with Crippen molar-refractivity contribution < 1.29 is 27.9 Å². The summed E-state index contributed by atoms with van der Waals surface area (Å²) in [5, 5.41) is 8.92. The van der Waals surface area contributed by atoms with Crippen molar-refractivity contribution >= 4 is 5.97 Å². The molecule has 0 radical (unpaired) electrons. The first-order valence-electron chi connectivity index (χ1n) is 9.01. The van der Waals surface area contributed by atoms with Crippen molar-refractivity contribution in [3.63, 3.8) is 0 Å². The van der Waals surface area contributed by atoms with Gasteiger partial charge in [0.05, 0.1) is 13.0 Å². The Kier molecular flexibility index (Phi) is 9.80. The molecular formula is C21H27F3N2O3. The highest BCUT2D eigenvalue weighted by Crippen LogP contribution is 2.16. The zero-order chi connectivity index (χ0) is 22.0. The van der Waals surface area contributed by atoms with Gasteiger partial charge in [0.25, 0.3) is 0 Å². The highest BCUT2D eigenvalue weighted by molar-refractivity contribution is 5.67. The van der Waals surface area contributed by atoms with Crippen LogP contribution in [0.4, 0.5) is 13.2 Å². The minimum Gasteiger partial charge on any atom is -0.481 e. The smallest absolute Gasteiger partial charge is 0.305 e. The Morgan fingerprint density at radius 2 is 1.66 bits per heavy atom. The van der Waals surface area contributed by atoms with Gasteiger partial charge in [-0.05, 0) is 44.4 Å². The minimum absolute atomic E-state index is 0. The molecule has 0 saturated heterocycles. The van der Waals surface area contributed by atoms with E-state index in [2.05, 4.69) is 5.48 Å². The lowest BCUT2D eigenvalue weighted by atomic mass is 10.0. The molecule has 0 fully saturated rings. The Labute approximate surface area is 168 Å². The number of carboxylic acid groups (broad SMARTS) is 1. The van der Waals surface area contributed by atoms with Crippen molar-refractivity contribution in [1.82, 2.24) is 5.48 Å². The zero-order valence-corrected chi connectivity index (χ0v) is 16.7. The third-order valence-electron chi connectivity index (χ3n) is 3.31. The SMILES string of the molecule is CC(C)(C)N.O=C(O)C[C@@H](Cc1cc(F)c(F)cc1F)NOCc1ccccc1. The van der Waals surface area contributed by atoms with Gasteiger partial charge in [-0.1, -0.05) is 30.3 Å². The van der Waals surface area contributed by atoms with Crippen molar-refractivity contribution in [1.29, 1.82) is 0 Å². The molecule has 5 nitrogen and oxygen atoms in total. The molecule has 2 aromatic rings. The Bertz CT molecular complexity index is 775. The molecule has 1 atom stereocenters. The molecule has 0 heterocycles. The van der Waals surface area contributed by atoms with Gasteiger partial charge in [0, 0.05) is 17.6 Å². The lowest BCUT2D eigenvalue weighted by Gasteiger charge is -2.17. The van der Waals surface area contributed by atoms with Crippen LogP contribution in [0, 0.1) is 17.5 Å². The number of carbonyl (C=O) groups is 1. The maximum atomic E-state index is 13.7. The van der Waals surface area contributed by atoms with E-state index in [1.54, 1.807) is 0 Å². The van der Waals surface area contributed by atoms with Crippen molar-refractivity contribution in [2.45, 2.75) is 51.8 Å². The van der Waals surface area contributed by atoms with E-state index < -0.39 is 29.5 Å². The second-order valence-electron chi connectivity index (χ2n) is 7.61. The van der Waals surface area contributed by atoms with E-state index in [0.717, 1.165) is 11.6 Å². The third-order valence-corrected chi connectivity index (χ3v) is 3.31. The monoisotopic (exact) mass is 412 g/mol. The molecule has 0 spiro atoms. The fraction of sp³-hybridized carbons (Fsp3) is 0.381. The maximum Gasteiger partial charge on any atom is 0.305 e. The number of carboxylic acids is 1. The molecule has 2 rings (SSSR count). The summed E-state index contributed by atoms with van der Waals surface area (Å²) in [6, 6.07) is 9.49. The number of hydroxylamine groups is 1. The standard InChI is InChI=1S/C17H16F3NO3.C4H11N/c18-14-9-16(20)15(19)7-12(14)6-13(8-17(22)23)21-24-10-11-4-2-1-3-5-11;1-4(2,3)5/h1-5,7,9,13,21H,6,8,10H2,(H,22,23);5H2,1-3H3/t13-;/m1./s1. The maximum absolute atomic E-state index is 13.7. The van der Waals surface area contributed by atoms with Gasteiger partial charge >= 0.3 is 5.97 Å². The fourth-order valence-electron chi connectivity index (χ4n) is 2.17. The van der Waals surface area contributed by atoms with Gasteiger partial charge < -0.3 is 10.8 Å². The van der Waals surface area contributed by atoms with Gasteiger partial charge in [0.1, 0.15) is 5.82 Å². The molecule has 8 heteroatoms. The fourth-order valence-corrected chi connectivity index (χ4v) is 2.17. The Balaban J connectivity index is 0.000000749. The van der Waals surface area contributed by atoms with Crippen LogP contribution in [0.2, 0.25) is 0 Å². The summed E-state index contributed by atoms with van der Waals surface area (Å²) >= 11 is 0. The van der Waals surface area contributed by atoms with Crippen LogP contribution in [-0.4, -0.2) is 22.7 Å². The molecule has 4 N–H and O–H groups in total. The van der Waals surface area contributed by atoms with Gasteiger partial charge in [-0.3, -0.25) is 9.63 Å². The summed E-state index contributed by atoms with van der Waals surface area (Å²) in [5.41, 5.74) is 8.63. The van der Waals surface area contributed by atoms with Crippen molar-refractivity contribution in [2.75, 3.05) is 0 Å². The zero-order valence-electron chi connectivity index (χ0n) is 16.7. The van der Waals surface area contributed by atoms with Crippen LogP contribution in [0.25, 0.3) is 0 Å². The van der Waals surface area contributed by atoms with Crippen LogP contribution < -0.4 is 11.2 Å². The molecule has 0 aromatic heterocycles. The molecule has 0 saturated carbocycles. The molecule has 0 aliphatic rings. The molecule has 160 valence electrons. The van der Waals surface area contributed by atoms with Gasteiger partial charge in [0.2, 0.25) is 0 Å². The molecule has 0 unspecified atom stereocenters. The van der Waals surface area contributed by atoms with E-state index in [-0.39, 0.29) is 30.6 Å². The second-order valence-corrected chi connectivity index (χ2v) is 7.61. The Morgan fingerprint density at radius 3 is 2.21 bits per heavy atom. The van der Waals surface area contributed by atoms with Crippen LogP contribution >= 0.6 is 0 Å². The summed E-state index contributed by atoms with van der Waals surface area (Å²) in [6.07, 6.45) is -0.530. The number of aliphatic carboxylic acids is 1. The molecule has 2 aromatic carbocycles. The average Bonchev–Trinajstić information content (AvgIpc) is 2.58. The topological polar surface area (TPSA) is 84.6 Å². The predicted molar refractivity (Wildman–Crippen MR) is 104 cm³/mol. The Hall–Kier alpha value is -2.42. The summed E-state index contributed by atoms with van der Waals surface area (Å²) < 4.78 is 39.9. The molecule has 29 heavy (non-hydrogen) atoms. The number of halogens is 3. The number of hydrogen-bond acceptors (Lipinski definition) is 4. The van der Waals surface area contributed by atoms with Crippen molar-refractivity contribution in [3.8, 4) is 0 Å². The van der Waals surface area contributed by atoms with Gasteiger partial charge in [-0.2, -0.15) is 5.48 Å². The van der Waals surface area contributed by atoms with Gasteiger partial charge in [-0.25, -0.2) is 13.2 Å². The number of rotatable bonds is 8. The second kappa shape index (κ2) is 11.5. The van der Waals surface area contributed by atoms with Crippen LogP contribution in [-0.2, 0) is 22.7 Å². The first kappa shape index (κ1) is 24.6. The highest BCUT2D eigenvalue weighted by Gasteiger charge is 2.18. The molecule has 0 aliphatic heterocycles. The van der Waals surface area contributed by atoms with Gasteiger partial charge in [-0.15, -0.1) is 0 Å². The first-order valence-corrected chi connectivity index (χ1v) is 9.01. The van der Waals surface area contributed by atoms with E-state index in [0.29, 0.717) is 6.07 Å². The summed E-state index contributed by atoms with van der Waals surface area (Å²) in [7, 11) is 0. The van der Waals surface area contributed by atoms with Crippen LogP contribution in [0.15, 0.2) is 42.5 Å². The summed E-state index contributed by atoms with van der Waals surface area (Å²) in [6.45, 7) is 6.07. The van der Waals surface area contributed by atoms with Gasteiger partial charge in [0.15, 0.2) is 11.6 Å². The van der Waals surface area contributed by atoms with Crippen LogP contribution in [0.5, 0.6) is 0 Å². The van der Waals surface area contributed by atoms with Crippen LogP contribution in [0.3, 0.4) is 0 Å². The third kappa shape index (κ3) is 11.2. The number of hydrogen-bond donors (Lipinski definition) is 3. The average molecular weight is 412 g/mol. The lowest BCUT2D eigenvalue weighted by molar-refractivity contribution is -0.138. The Morgan fingerprint density at radius 1 is 1.10 bits per heavy atom.